The second kappa shape index (κ2) is 2.99. The van der Waals surface area contributed by atoms with Crippen molar-refractivity contribution in [2.75, 3.05) is 5.88 Å². The number of halogens is 1. The van der Waals surface area contributed by atoms with Gasteiger partial charge in [-0.1, -0.05) is 4.49 Å². The molecule has 44 valence electrons. The maximum absolute atomic E-state index is 5.43. The molecule has 0 N–H and O–H groups in total. The van der Waals surface area contributed by atoms with E-state index in [1.54, 1.807) is 0 Å². The van der Waals surface area contributed by atoms with Gasteiger partial charge in [-0.05, 0) is 11.5 Å². The number of hydrogen-bond donors (Lipinski definition) is 0. The third-order valence-corrected chi connectivity index (χ3v) is 1.50. The van der Waals surface area contributed by atoms with E-state index in [9.17, 15) is 0 Å². The van der Waals surface area contributed by atoms with Crippen LogP contribution >= 0.6 is 23.1 Å². The van der Waals surface area contributed by atoms with Gasteiger partial charge in [0.15, 0.2) is 0 Å². The van der Waals surface area contributed by atoms with Crippen molar-refractivity contribution in [1.82, 2.24) is 9.59 Å². The SMILES string of the molecule is ClCCc1csnn1. The Morgan fingerprint density at radius 2 is 2.62 bits per heavy atom. The van der Waals surface area contributed by atoms with E-state index >= 15 is 0 Å². The van der Waals surface area contributed by atoms with Crippen LogP contribution in [-0.4, -0.2) is 15.5 Å². The Kier molecular flexibility index (Phi) is 2.24. The monoisotopic (exact) mass is 148 g/mol. The highest BCUT2D eigenvalue weighted by molar-refractivity contribution is 7.03. The molecule has 0 fully saturated rings. The molecule has 0 aliphatic rings. The number of aryl methyl sites for hydroxylation is 1. The first kappa shape index (κ1) is 5.98. The van der Waals surface area contributed by atoms with Gasteiger partial charge < -0.3 is 0 Å². The van der Waals surface area contributed by atoms with Crippen LogP contribution in [0, 0.1) is 0 Å². The smallest absolute Gasteiger partial charge is 0.0767 e. The maximum Gasteiger partial charge on any atom is 0.0767 e. The summed E-state index contributed by atoms with van der Waals surface area (Å²) in [4.78, 5) is 0. The average Bonchev–Trinajstić information content (AvgIpc) is 2.19. The minimum atomic E-state index is 0.630. The fraction of sp³-hybridized carbons (Fsp3) is 0.500. The lowest BCUT2D eigenvalue weighted by atomic mass is 10.4. The molecule has 0 saturated heterocycles. The molecule has 1 rings (SSSR count). The van der Waals surface area contributed by atoms with E-state index in [0.29, 0.717) is 5.88 Å². The Balaban J connectivity index is 2.50. The van der Waals surface area contributed by atoms with Crippen molar-refractivity contribution in [3.05, 3.63) is 11.1 Å². The summed E-state index contributed by atoms with van der Waals surface area (Å²) in [6.07, 6.45) is 0.831. The van der Waals surface area contributed by atoms with Gasteiger partial charge in [0.2, 0.25) is 0 Å². The van der Waals surface area contributed by atoms with Crippen molar-refractivity contribution in [2.45, 2.75) is 6.42 Å². The molecule has 0 saturated carbocycles. The fourth-order valence-electron chi connectivity index (χ4n) is 0.390. The first-order valence-corrected chi connectivity index (χ1v) is 3.62. The van der Waals surface area contributed by atoms with Crippen LogP contribution < -0.4 is 0 Å². The zero-order valence-corrected chi connectivity index (χ0v) is 5.74. The molecule has 0 bridgehead atoms. The Labute approximate surface area is 56.7 Å². The van der Waals surface area contributed by atoms with E-state index in [-0.39, 0.29) is 0 Å². The van der Waals surface area contributed by atoms with Gasteiger partial charge >= 0.3 is 0 Å². The fourth-order valence-corrected chi connectivity index (χ4v) is 1.07. The number of rotatable bonds is 2. The molecule has 0 atom stereocenters. The molecule has 8 heavy (non-hydrogen) atoms. The van der Waals surface area contributed by atoms with Crippen molar-refractivity contribution < 1.29 is 0 Å². The van der Waals surface area contributed by atoms with Crippen LogP contribution in [0.25, 0.3) is 0 Å². The zero-order chi connectivity index (χ0) is 5.82. The molecule has 0 unspecified atom stereocenters. The third-order valence-electron chi connectivity index (χ3n) is 0.756. The predicted molar refractivity (Wildman–Crippen MR) is 34.3 cm³/mol. The van der Waals surface area contributed by atoms with Crippen LogP contribution in [0.3, 0.4) is 0 Å². The average molecular weight is 149 g/mol. The minimum absolute atomic E-state index is 0.630. The lowest BCUT2D eigenvalue weighted by Crippen LogP contribution is -1.84. The highest BCUT2D eigenvalue weighted by Gasteiger charge is 1.91. The maximum atomic E-state index is 5.43. The Hall–Kier alpha value is -0.150. The van der Waals surface area contributed by atoms with Crippen molar-refractivity contribution in [3.63, 3.8) is 0 Å². The third kappa shape index (κ3) is 1.42. The normalized spacial score (nSPS) is 9.62. The molecule has 0 aromatic carbocycles. The summed E-state index contributed by atoms with van der Waals surface area (Å²) >= 11 is 6.79. The number of aromatic nitrogens is 2. The van der Waals surface area contributed by atoms with Crippen LogP contribution in [0.2, 0.25) is 0 Å². The summed E-state index contributed by atoms with van der Waals surface area (Å²) in [6, 6.07) is 0. The quantitative estimate of drug-likeness (QED) is 0.592. The van der Waals surface area contributed by atoms with Crippen molar-refractivity contribution in [1.29, 1.82) is 0 Å². The van der Waals surface area contributed by atoms with Gasteiger partial charge in [0, 0.05) is 17.7 Å². The van der Waals surface area contributed by atoms with Crippen LogP contribution in [0.4, 0.5) is 0 Å². The van der Waals surface area contributed by atoms with Gasteiger partial charge in [-0.15, -0.1) is 16.7 Å². The van der Waals surface area contributed by atoms with Crippen LogP contribution in [0.5, 0.6) is 0 Å². The van der Waals surface area contributed by atoms with Gasteiger partial charge in [0.1, 0.15) is 0 Å². The van der Waals surface area contributed by atoms with Crippen LogP contribution in [-0.2, 0) is 6.42 Å². The Morgan fingerprint density at radius 3 is 3.12 bits per heavy atom. The van der Waals surface area contributed by atoms with Crippen molar-refractivity contribution >= 4 is 23.1 Å². The molecule has 0 aliphatic heterocycles. The first-order valence-electron chi connectivity index (χ1n) is 2.25. The Bertz CT molecular complexity index is 140. The van der Waals surface area contributed by atoms with E-state index < -0.39 is 0 Å². The van der Waals surface area contributed by atoms with Gasteiger partial charge in [-0.3, -0.25) is 0 Å². The van der Waals surface area contributed by atoms with Crippen molar-refractivity contribution in [2.24, 2.45) is 0 Å². The minimum Gasteiger partial charge on any atom is -0.143 e. The largest absolute Gasteiger partial charge is 0.143 e. The highest BCUT2D eigenvalue weighted by Crippen LogP contribution is 1.97. The molecule has 1 aromatic rings. The van der Waals surface area contributed by atoms with Crippen molar-refractivity contribution in [3.8, 4) is 0 Å². The molecule has 2 nitrogen and oxygen atoms in total. The van der Waals surface area contributed by atoms with Gasteiger partial charge in [-0.2, -0.15) is 0 Å². The molecule has 4 heteroatoms. The second-order valence-electron chi connectivity index (χ2n) is 1.34. The summed E-state index contributed by atoms with van der Waals surface area (Å²) < 4.78 is 3.67. The summed E-state index contributed by atoms with van der Waals surface area (Å²) in [7, 11) is 0. The molecular formula is C4H5ClN2S. The summed E-state index contributed by atoms with van der Waals surface area (Å²) in [6.45, 7) is 0. The number of hydrogen-bond acceptors (Lipinski definition) is 3. The first-order chi connectivity index (χ1) is 3.93. The highest BCUT2D eigenvalue weighted by atomic mass is 35.5. The summed E-state index contributed by atoms with van der Waals surface area (Å²) in [5.74, 6) is 0.630. The van der Waals surface area contributed by atoms with Crippen LogP contribution in [0.1, 0.15) is 5.69 Å². The van der Waals surface area contributed by atoms with E-state index in [2.05, 4.69) is 9.59 Å². The molecule has 0 spiro atoms. The number of nitrogens with zero attached hydrogens (tertiary/aromatic N) is 2. The lowest BCUT2D eigenvalue weighted by Gasteiger charge is -1.81. The molecule has 0 radical (unpaired) electrons. The Morgan fingerprint density at radius 1 is 1.75 bits per heavy atom. The second-order valence-corrected chi connectivity index (χ2v) is 2.32. The number of alkyl halides is 1. The van der Waals surface area contributed by atoms with E-state index in [4.69, 9.17) is 11.6 Å². The summed E-state index contributed by atoms with van der Waals surface area (Å²) in [5.41, 5.74) is 0.991. The summed E-state index contributed by atoms with van der Waals surface area (Å²) in [5, 5.41) is 5.70. The van der Waals surface area contributed by atoms with Gasteiger partial charge in [0.05, 0.1) is 5.69 Å². The van der Waals surface area contributed by atoms with Gasteiger partial charge in [0.25, 0.3) is 0 Å². The zero-order valence-electron chi connectivity index (χ0n) is 4.17. The molecule has 0 aliphatic carbocycles. The standard InChI is InChI=1S/C4H5ClN2S/c5-2-1-4-3-8-7-6-4/h3H,1-2H2. The molecule has 1 heterocycles. The van der Waals surface area contributed by atoms with E-state index in [1.165, 1.54) is 11.5 Å². The van der Waals surface area contributed by atoms with Gasteiger partial charge in [-0.25, -0.2) is 0 Å². The molecular weight excluding hydrogens is 144 g/mol. The predicted octanol–water partition coefficient (Wildman–Crippen LogP) is 1.32. The topological polar surface area (TPSA) is 25.8 Å². The van der Waals surface area contributed by atoms with Crippen LogP contribution in [0.15, 0.2) is 5.38 Å². The van der Waals surface area contributed by atoms with E-state index in [0.717, 1.165) is 12.1 Å². The van der Waals surface area contributed by atoms with E-state index in [1.807, 2.05) is 5.38 Å². The molecule has 1 aromatic heterocycles. The molecule has 0 amide bonds. The lowest BCUT2D eigenvalue weighted by molar-refractivity contribution is 0.995.